The number of ether oxygens (including phenoxy) is 1. The van der Waals surface area contributed by atoms with Gasteiger partial charge in [0.2, 0.25) is 0 Å². The lowest BCUT2D eigenvalue weighted by Gasteiger charge is -2.15. The molecule has 0 spiro atoms. The van der Waals surface area contributed by atoms with Crippen LogP contribution in [-0.4, -0.2) is 13.1 Å². The van der Waals surface area contributed by atoms with Crippen molar-refractivity contribution in [1.82, 2.24) is 0 Å². The molecule has 0 aliphatic rings. The first kappa shape index (κ1) is 16.2. The molecule has 0 aliphatic heterocycles. The SMILES string of the molecule is COC(=O)c1cc(Cl)c(-c2c(F)cc(F)cc2F)c(C)c1N. The molecule has 0 aliphatic carbocycles. The molecule has 116 valence electrons. The summed E-state index contributed by atoms with van der Waals surface area (Å²) in [6.07, 6.45) is 0. The van der Waals surface area contributed by atoms with Crippen LogP contribution in [0.5, 0.6) is 0 Å². The molecular weight excluding hydrogens is 319 g/mol. The lowest BCUT2D eigenvalue weighted by molar-refractivity contribution is 0.0602. The van der Waals surface area contributed by atoms with Crippen LogP contribution in [0.2, 0.25) is 5.02 Å². The van der Waals surface area contributed by atoms with Crippen LogP contribution < -0.4 is 5.73 Å². The molecule has 0 radical (unpaired) electrons. The summed E-state index contributed by atoms with van der Waals surface area (Å²) in [5.74, 6) is -4.01. The Morgan fingerprint density at radius 2 is 1.68 bits per heavy atom. The van der Waals surface area contributed by atoms with Gasteiger partial charge < -0.3 is 10.5 Å². The third-order valence-electron chi connectivity index (χ3n) is 3.24. The van der Waals surface area contributed by atoms with Crippen molar-refractivity contribution >= 4 is 23.3 Å². The van der Waals surface area contributed by atoms with Crippen molar-refractivity contribution in [2.24, 2.45) is 0 Å². The lowest BCUT2D eigenvalue weighted by atomic mass is 9.95. The van der Waals surface area contributed by atoms with Crippen LogP contribution in [0.4, 0.5) is 18.9 Å². The molecule has 22 heavy (non-hydrogen) atoms. The number of carbonyl (C=O) groups is 1. The first-order valence-electron chi connectivity index (χ1n) is 6.09. The molecule has 2 aromatic carbocycles. The average molecular weight is 330 g/mol. The Hall–Kier alpha value is -2.21. The normalized spacial score (nSPS) is 10.6. The summed E-state index contributed by atoms with van der Waals surface area (Å²) in [6, 6.07) is 2.24. The number of esters is 1. The van der Waals surface area contributed by atoms with E-state index in [0.717, 1.165) is 13.2 Å². The molecule has 0 bridgehead atoms. The third kappa shape index (κ3) is 2.62. The van der Waals surface area contributed by atoms with Gasteiger partial charge in [0.15, 0.2) is 0 Å². The van der Waals surface area contributed by atoms with Crippen LogP contribution >= 0.6 is 11.6 Å². The fraction of sp³-hybridized carbons (Fsp3) is 0.133. The first-order valence-corrected chi connectivity index (χ1v) is 6.47. The molecule has 2 aromatic rings. The van der Waals surface area contributed by atoms with Gasteiger partial charge in [-0.05, 0) is 18.6 Å². The van der Waals surface area contributed by atoms with Crippen LogP contribution in [0.25, 0.3) is 11.1 Å². The average Bonchev–Trinajstić information content (AvgIpc) is 2.44. The molecule has 0 saturated heterocycles. The minimum absolute atomic E-state index is 0.0170. The van der Waals surface area contributed by atoms with E-state index in [4.69, 9.17) is 17.3 Å². The van der Waals surface area contributed by atoms with Crippen LogP contribution in [0.1, 0.15) is 15.9 Å². The van der Waals surface area contributed by atoms with Crippen molar-refractivity contribution in [2.45, 2.75) is 6.92 Å². The van der Waals surface area contributed by atoms with E-state index in [1.807, 2.05) is 0 Å². The van der Waals surface area contributed by atoms with E-state index in [1.165, 1.54) is 6.92 Å². The number of hydrogen-bond donors (Lipinski definition) is 1. The van der Waals surface area contributed by atoms with E-state index >= 15 is 0 Å². The number of rotatable bonds is 2. The minimum atomic E-state index is -1.12. The smallest absolute Gasteiger partial charge is 0.340 e. The molecule has 0 amide bonds. The topological polar surface area (TPSA) is 52.3 Å². The predicted molar refractivity (Wildman–Crippen MR) is 77.3 cm³/mol. The highest BCUT2D eigenvalue weighted by Crippen LogP contribution is 2.39. The van der Waals surface area contributed by atoms with Gasteiger partial charge in [0.1, 0.15) is 17.5 Å². The van der Waals surface area contributed by atoms with Crippen molar-refractivity contribution in [2.75, 3.05) is 12.8 Å². The van der Waals surface area contributed by atoms with Crippen LogP contribution in [0, 0.1) is 24.4 Å². The van der Waals surface area contributed by atoms with Gasteiger partial charge >= 0.3 is 5.97 Å². The zero-order valence-electron chi connectivity index (χ0n) is 11.6. The summed E-state index contributed by atoms with van der Waals surface area (Å²) >= 11 is 6.04. The molecule has 0 fully saturated rings. The van der Waals surface area contributed by atoms with E-state index < -0.39 is 29.0 Å². The largest absolute Gasteiger partial charge is 0.465 e. The lowest BCUT2D eigenvalue weighted by Crippen LogP contribution is -2.09. The molecule has 2 N–H and O–H groups in total. The second kappa shape index (κ2) is 5.88. The summed E-state index contributed by atoms with van der Waals surface area (Å²) in [7, 11) is 1.16. The Labute approximate surface area is 129 Å². The van der Waals surface area contributed by atoms with E-state index in [9.17, 15) is 18.0 Å². The monoisotopic (exact) mass is 329 g/mol. The number of carbonyl (C=O) groups excluding carboxylic acids is 1. The molecule has 0 atom stereocenters. The summed E-state index contributed by atoms with van der Waals surface area (Å²) in [4.78, 5) is 11.6. The number of hydrogen-bond acceptors (Lipinski definition) is 3. The van der Waals surface area contributed by atoms with Gasteiger partial charge in [-0.25, -0.2) is 18.0 Å². The number of halogens is 4. The van der Waals surface area contributed by atoms with Gasteiger partial charge in [0.05, 0.1) is 18.2 Å². The van der Waals surface area contributed by atoms with Gasteiger partial charge in [-0.15, -0.1) is 0 Å². The summed E-state index contributed by atoms with van der Waals surface area (Å²) in [6.45, 7) is 1.45. The molecule has 0 saturated carbocycles. The molecule has 0 heterocycles. The zero-order valence-corrected chi connectivity index (χ0v) is 12.4. The molecule has 0 aromatic heterocycles. The Bertz CT molecular complexity index is 755. The number of anilines is 1. The Morgan fingerprint density at radius 1 is 1.14 bits per heavy atom. The molecule has 3 nitrogen and oxygen atoms in total. The van der Waals surface area contributed by atoms with E-state index in [1.54, 1.807) is 0 Å². The van der Waals surface area contributed by atoms with Crippen LogP contribution in [0.15, 0.2) is 18.2 Å². The van der Waals surface area contributed by atoms with Gasteiger partial charge in [-0.1, -0.05) is 11.6 Å². The maximum Gasteiger partial charge on any atom is 0.340 e. The Balaban J connectivity index is 2.79. The summed E-state index contributed by atoms with van der Waals surface area (Å²) < 4.78 is 45.5. The molecule has 2 rings (SSSR count). The fourth-order valence-corrected chi connectivity index (χ4v) is 2.50. The van der Waals surface area contributed by atoms with E-state index in [2.05, 4.69) is 4.74 Å². The van der Waals surface area contributed by atoms with Crippen LogP contribution in [0.3, 0.4) is 0 Å². The quantitative estimate of drug-likeness (QED) is 0.666. The van der Waals surface area contributed by atoms with Crippen molar-refractivity contribution in [3.8, 4) is 11.1 Å². The summed E-state index contributed by atoms with van der Waals surface area (Å²) in [5.41, 5.74) is 5.43. The fourth-order valence-electron chi connectivity index (χ4n) is 2.16. The molecule has 0 unspecified atom stereocenters. The Morgan fingerprint density at radius 3 is 2.18 bits per heavy atom. The van der Waals surface area contributed by atoms with Crippen molar-refractivity contribution < 1.29 is 22.7 Å². The van der Waals surface area contributed by atoms with E-state index in [-0.39, 0.29) is 27.4 Å². The maximum absolute atomic E-state index is 13.9. The summed E-state index contributed by atoms with van der Waals surface area (Å²) in [5, 5.41) is -0.100. The predicted octanol–water partition coefficient (Wildman–Crippen LogP) is 4.10. The van der Waals surface area contributed by atoms with Gasteiger partial charge in [-0.3, -0.25) is 0 Å². The highest BCUT2D eigenvalue weighted by Gasteiger charge is 2.23. The highest BCUT2D eigenvalue weighted by atomic mass is 35.5. The molecule has 7 heteroatoms. The zero-order chi connectivity index (χ0) is 16.6. The number of methoxy groups -OCH3 is 1. The van der Waals surface area contributed by atoms with Crippen molar-refractivity contribution in [3.05, 3.63) is 51.8 Å². The van der Waals surface area contributed by atoms with Crippen LogP contribution in [-0.2, 0) is 4.74 Å². The van der Waals surface area contributed by atoms with Gasteiger partial charge in [0.25, 0.3) is 0 Å². The molecular formula is C15H11ClF3NO2. The maximum atomic E-state index is 13.9. The van der Waals surface area contributed by atoms with Crippen molar-refractivity contribution in [1.29, 1.82) is 0 Å². The first-order chi connectivity index (χ1) is 10.3. The van der Waals surface area contributed by atoms with Gasteiger partial charge in [-0.2, -0.15) is 0 Å². The van der Waals surface area contributed by atoms with Crippen molar-refractivity contribution in [3.63, 3.8) is 0 Å². The number of benzene rings is 2. The van der Waals surface area contributed by atoms with E-state index in [0.29, 0.717) is 12.1 Å². The third-order valence-corrected chi connectivity index (χ3v) is 3.54. The standard InChI is InChI=1S/C15H11ClF3NO2/c1-6-12(13-10(18)3-7(17)4-11(13)19)9(16)5-8(14(6)20)15(21)22-2/h3-5H,20H2,1-2H3. The second-order valence-electron chi connectivity index (χ2n) is 4.56. The highest BCUT2D eigenvalue weighted by molar-refractivity contribution is 6.34. The Kier molecular flexibility index (Phi) is 4.32. The minimum Gasteiger partial charge on any atom is -0.465 e. The number of nitrogen functional groups attached to an aromatic ring is 1. The van der Waals surface area contributed by atoms with Gasteiger partial charge in [0, 0.05) is 28.4 Å². The number of nitrogens with two attached hydrogens (primary N) is 1. The second-order valence-corrected chi connectivity index (χ2v) is 4.96.